The second kappa shape index (κ2) is 8.82. The molecular weight excluding hydrogens is 330 g/mol. The van der Waals surface area contributed by atoms with Crippen LogP contribution in [0.4, 0.5) is 0 Å². The molecule has 2 N–H and O–H groups in total. The van der Waals surface area contributed by atoms with E-state index in [-0.39, 0.29) is 6.61 Å². The highest BCUT2D eigenvalue weighted by molar-refractivity contribution is 9.10. The van der Waals surface area contributed by atoms with Crippen LogP contribution in [0.1, 0.15) is 17.5 Å². The van der Waals surface area contributed by atoms with Gasteiger partial charge in [0.1, 0.15) is 12.4 Å². The number of aliphatic hydroxyl groups excluding tert-OH is 1. The van der Waals surface area contributed by atoms with E-state index in [1.807, 2.05) is 36.4 Å². The van der Waals surface area contributed by atoms with E-state index in [1.54, 1.807) is 0 Å². The maximum absolute atomic E-state index is 8.73. The fourth-order valence-corrected chi connectivity index (χ4v) is 2.48. The van der Waals surface area contributed by atoms with Crippen molar-refractivity contribution in [1.82, 2.24) is 5.32 Å². The van der Waals surface area contributed by atoms with Gasteiger partial charge >= 0.3 is 0 Å². The maximum atomic E-state index is 8.73. The Balaban J connectivity index is 1.87. The van der Waals surface area contributed by atoms with Gasteiger partial charge in [0.25, 0.3) is 0 Å². The number of halogens is 1. The van der Waals surface area contributed by atoms with Gasteiger partial charge in [-0.3, -0.25) is 0 Å². The number of ether oxygens (including phenoxy) is 1. The van der Waals surface area contributed by atoms with Crippen molar-refractivity contribution in [3.8, 4) is 5.75 Å². The van der Waals surface area contributed by atoms with E-state index in [0.717, 1.165) is 35.3 Å². The molecule has 0 heterocycles. The standard InChI is InChI=1S/C17H20BrNO2/c18-16-11-15(12-19-9-4-10-20)7-8-17(16)21-13-14-5-2-1-3-6-14/h1-3,5-8,11,19-20H,4,9-10,12-13H2. The van der Waals surface area contributed by atoms with Crippen molar-refractivity contribution in [3.05, 3.63) is 64.1 Å². The molecule has 2 aromatic carbocycles. The van der Waals surface area contributed by atoms with E-state index in [4.69, 9.17) is 9.84 Å². The third-order valence-corrected chi connectivity index (χ3v) is 3.69. The monoisotopic (exact) mass is 349 g/mol. The maximum Gasteiger partial charge on any atom is 0.134 e. The largest absolute Gasteiger partial charge is 0.488 e. The normalized spacial score (nSPS) is 10.6. The van der Waals surface area contributed by atoms with E-state index in [1.165, 1.54) is 5.56 Å². The summed E-state index contributed by atoms with van der Waals surface area (Å²) in [4.78, 5) is 0. The molecule has 3 nitrogen and oxygen atoms in total. The summed E-state index contributed by atoms with van der Waals surface area (Å²) in [6.45, 7) is 2.40. The second-order valence-electron chi connectivity index (χ2n) is 4.79. The SMILES string of the molecule is OCCCNCc1ccc(OCc2ccccc2)c(Br)c1. The third kappa shape index (κ3) is 5.50. The van der Waals surface area contributed by atoms with E-state index in [0.29, 0.717) is 6.61 Å². The average Bonchev–Trinajstić information content (AvgIpc) is 2.52. The molecule has 0 saturated carbocycles. The molecule has 2 aromatic rings. The van der Waals surface area contributed by atoms with Gasteiger partial charge in [0.15, 0.2) is 0 Å². The van der Waals surface area contributed by atoms with Crippen LogP contribution < -0.4 is 10.1 Å². The average molecular weight is 350 g/mol. The van der Waals surface area contributed by atoms with Crippen LogP contribution in [-0.4, -0.2) is 18.3 Å². The van der Waals surface area contributed by atoms with E-state index < -0.39 is 0 Å². The quantitative estimate of drug-likeness (QED) is 0.716. The molecule has 112 valence electrons. The Labute approximate surface area is 134 Å². The number of nitrogens with one attached hydrogen (secondary N) is 1. The topological polar surface area (TPSA) is 41.5 Å². The fraction of sp³-hybridized carbons (Fsp3) is 0.294. The van der Waals surface area contributed by atoms with Crippen LogP contribution in [0.2, 0.25) is 0 Å². The molecule has 0 saturated heterocycles. The van der Waals surface area contributed by atoms with Crippen molar-refractivity contribution < 1.29 is 9.84 Å². The van der Waals surface area contributed by atoms with Gasteiger partial charge in [-0.05, 0) is 52.2 Å². The summed E-state index contributed by atoms with van der Waals surface area (Å²) in [5.41, 5.74) is 2.34. The van der Waals surface area contributed by atoms with Crippen molar-refractivity contribution in [2.45, 2.75) is 19.6 Å². The molecule has 0 aliphatic carbocycles. The number of hydrogen-bond acceptors (Lipinski definition) is 3. The van der Waals surface area contributed by atoms with Crippen molar-refractivity contribution in [2.75, 3.05) is 13.2 Å². The minimum atomic E-state index is 0.225. The van der Waals surface area contributed by atoms with Crippen LogP contribution in [0, 0.1) is 0 Å². The number of aliphatic hydroxyl groups is 1. The fourth-order valence-electron chi connectivity index (χ4n) is 1.94. The molecule has 0 radical (unpaired) electrons. The lowest BCUT2D eigenvalue weighted by molar-refractivity contribution is 0.286. The second-order valence-corrected chi connectivity index (χ2v) is 5.65. The molecule has 0 fully saturated rings. The van der Waals surface area contributed by atoms with Crippen LogP contribution in [0.25, 0.3) is 0 Å². The van der Waals surface area contributed by atoms with Gasteiger partial charge < -0.3 is 15.2 Å². The van der Waals surface area contributed by atoms with E-state index >= 15 is 0 Å². The van der Waals surface area contributed by atoms with Crippen LogP contribution in [0.15, 0.2) is 53.0 Å². The minimum Gasteiger partial charge on any atom is -0.488 e. The molecule has 0 aromatic heterocycles. The molecule has 0 unspecified atom stereocenters. The number of rotatable bonds is 8. The lowest BCUT2D eigenvalue weighted by atomic mass is 10.2. The zero-order valence-corrected chi connectivity index (χ0v) is 13.5. The van der Waals surface area contributed by atoms with Gasteiger partial charge in [-0.15, -0.1) is 0 Å². The molecule has 0 amide bonds. The minimum absolute atomic E-state index is 0.225. The lowest BCUT2D eigenvalue weighted by Gasteiger charge is -2.10. The smallest absolute Gasteiger partial charge is 0.134 e. The first-order valence-electron chi connectivity index (χ1n) is 7.06. The Kier molecular flexibility index (Phi) is 6.73. The van der Waals surface area contributed by atoms with Gasteiger partial charge in [-0.1, -0.05) is 36.4 Å². The van der Waals surface area contributed by atoms with Gasteiger partial charge in [-0.2, -0.15) is 0 Å². The molecule has 21 heavy (non-hydrogen) atoms. The summed E-state index contributed by atoms with van der Waals surface area (Å²) in [7, 11) is 0. The highest BCUT2D eigenvalue weighted by atomic mass is 79.9. The summed E-state index contributed by atoms with van der Waals surface area (Å²) in [5, 5.41) is 12.0. The van der Waals surface area contributed by atoms with Crippen molar-refractivity contribution in [1.29, 1.82) is 0 Å². The molecule has 0 spiro atoms. The Morgan fingerprint density at radius 2 is 1.86 bits per heavy atom. The number of hydrogen-bond donors (Lipinski definition) is 2. The van der Waals surface area contributed by atoms with Crippen molar-refractivity contribution in [3.63, 3.8) is 0 Å². The highest BCUT2D eigenvalue weighted by Gasteiger charge is 2.03. The first-order chi connectivity index (χ1) is 10.3. The zero-order valence-electron chi connectivity index (χ0n) is 11.9. The zero-order chi connectivity index (χ0) is 14.9. The van der Waals surface area contributed by atoms with Gasteiger partial charge in [0.05, 0.1) is 4.47 Å². The molecular formula is C17H20BrNO2. The third-order valence-electron chi connectivity index (χ3n) is 3.07. The first kappa shape index (κ1) is 16.0. The van der Waals surface area contributed by atoms with Crippen LogP contribution in [0.3, 0.4) is 0 Å². The predicted molar refractivity (Wildman–Crippen MR) is 88.3 cm³/mol. The van der Waals surface area contributed by atoms with E-state index in [9.17, 15) is 0 Å². The Bertz CT molecular complexity index is 546. The van der Waals surface area contributed by atoms with Crippen LogP contribution in [0.5, 0.6) is 5.75 Å². The lowest BCUT2D eigenvalue weighted by Crippen LogP contribution is -2.15. The Morgan fingerprint density at radius 3 is 2.57 bits per heavy atom. The molecule has 2 rings (SSSR count). The molecule has 4 heteroatoms. The summed E-state index contributed by atoms with van der Waals surface area (Å²) in [5.74, 6) is 0.845. The van der Waals surface area contributed by atoms with Crippen LogP contribution >= 0.6 is 15.9 Å². The summed E-state index contributed by atoms with van der Waals surface area (Å²) >= 11 is 3.55. The van der Waals surface area contributed by atoms with E-state index in [2.05, 4.69) is 33.4 Å². The molecule has 0 bridgehead atoms. The Morgan fingerprint density at radius 1 is 1.05 bits per heavy atom. The first-order valence-corrected chi connectivity index (χ1v) is 7.85. The summed E-state index contributed by atoms with van der Waals surface area (Å²) in [6, 6.07) is 16.2. The van der Waals surface area contributed by atoms with Gasteiger partial charge in [-0.25, -0.2) is 0 Å². The molecule has 0 aliphatic heterocycles. The van der Waals surface area contributed by atoms with Gasteiger partial charge in [0.2, 0.25) is 0 Å². The highest BCUT2D eigenvalue weighted by Crippen LogP contribution is 2.26. The Hall–Kier alpha value is -1.36. The van der Waals surface area contributed by atoms with Gasteiger partial charge in [0, 0.05) is 13.2 Å². The predicted octanol–water partition coefficient (Wildman–Crippen LogP) is 3.50. The van der Waals surface area contributed by atoms with Crippen molar-refractivity contribution in [2.24, 2.45) is 0 Å². The number of benzene rings is 2. The summed E-state index contributed by atoms with van der Waals surface area (Å²) < 4.78 is 6.78. The molecule has 0 atom stereocenters. The molecule has 0 aliphatic rings. The van der Waals surface area contributed by atoms with Crippen molar-refractivity contribution >= 4 is 15.9 Å². The van der Waals surface area contributed by atoms with Crippen LogP contribution in [-0.2, 0) is 13.2 Å². The summed E-state index contributed by atoms with van der Waals surface area (Å²) in [6.07, 6.45) is 0.777.